The van der Waals surface area contributed by atoms with Crippen LogP contribution in [-0.4, -0.2) is 68.7 Å². The molecule has 0 aliphatic heterocycles. The fraction of sp³-hybridized carbons (Fsp3) is 0.548. The molecule has 0 saturated heterocycles. The first-order valence-corrected chi connectivity index (χ1v) is 16.4. The Balaban J connectivity index is 1.83. The van der Waals surface area contributed by atoms with Crippen molar-refractivity contribution in [3.8, 4) is 11.1 Å². The number of aliphatic carboxylic acids is 1. The summed E-state index contributed by atoms with van der Waals surface area (Å²) >= 11 is 0. The SMILES string of the molecule is CCOCC(CCc1ccc(C(=O)N[C@@H](CCS(C)(=O)=O)C(=O)O)c(-c2ccccc2C)c1)NC1CCCCC1. The molecule has 2 aromatic rings. The minimum absolute atomic E-state index is 0.201. The van der Waals surface area contributed by atoms with Gasteiger partial charge >= 0.3 is 5.97 Å². The summed E-state index contributed by atoms with van der Waals surface area (Å²) in [6.07, 6.45) is 8.77. The highest BCUT2D eigenvalue weighted by atomic mass is 32.2. The monoisotopic (exact) mass is 572 g/mol. The van der Waals surface area contributed by atoms with Gasteiger partial charge in [0, 0.05) is 30.5 Å². The van der Waals surface area contributed by atoms with Crippen LogP contribution in [-0.2, 0) is 25.8 Å². The van der Waals surface area contributed by atoms with Crippen molar-refractivity contribution in [1.82, 2.24) is 10.6 Å². The molecule has 1 unspecified atom stereocenters. The van der Waals surface area contributed by atoms with Crippen molar-refractivity contribution in [2.45, 2.75) is 83.3 Å². The predicted octanol–water partition coefficient (Wildman–Crippen LogP) is 4.54. The van der Waals surface area contributed by atoms with Gasteiger partial charge in [-0.2, -0.15) is 0 Å². The van der Waals surface area contributed by atoms with Gasteiger partial charge in [-0.25, -0.2) is 13.2 Å². The van der Waals surface area contributed by atoms with Crippen LogP contribution in [0.4, 0.5) is 0 Å². The maximum absolute atomic E-state index is 13.4. The minimum atomic E-state index is -3.37. The first-order chi connectivity index (χ1) is 19.1. The van der Waals surface area contributed by atoms with Gasteiger partial charge in [0.05, 0.1) is 12.4 Å². The fourth-order valence-electron chi connectivity index (χ4n) is 5.29. The van der Waals surface area contributed by atoms with Crippen molar-refractivity contribution in [1.29, 1.82) is 0 Å². The quantitative estimate of drug-likeness (QED) is 0.286. The van der Waals surface area contributed by atoms with Gasteiger partial charge in [0.2, 0.25) is 0 Å². The number of carbonyl (C=O) groups is 2. The molecule has 2 aromatic carbocycles. The Morgan fingerprint density at radius 3 is 2.42 bits per heavy atom. The lowest BCUT2D eigenvalue weighted by Crippen LogP contribution is -2.42. The van der Waals surface area contributed by atoms with E-state index in [-0.39, 0.29) is 18.2 Å². The summed E-state index contributed by atoms with van der Waals surface area (Å²) in [5, 5.41) is 16.0. The van der Waals surface area contributed by atoms with Crippen LogP contribution < -0.4 is 10.6 Å². The normalized spacial score (nSPS) is 15.9. The second kappa shape index (κ2) is 15.3. The molecule has 1 fully saturated rings. The Hall–Kier alpha value is -2.75. The third-order valence-electron chi connectivity index (χ3n) is 7.53. The molecule has 8 nitrogen and oxygen atoms in total. The highest BCUT2D eigenvalue weighted by molar-refractivity contribution is 7.90. The van der Waals surface area contributed by atoms with E-state index in [1.54, 1.807) is 6.07 Å². The summed E-state index contributed by atoms with van der Waals surface area (Å²) in [7, 11) is -3.37. The zero-order chi connectivity index (χ0) is 29.1. The molecule has 220 valence electrons. The number of aryl methyl sites for hydroxylation is 2. The molecule has 3 rings (SSSR count). The number of carboxylic acid groups (broad SMARTS) is 1. The van der Waals surface area contributed by atoms with Gasteiger partial charge in [-0.1, -0.05) is 55.7 Å². The number of sulfone groups is 1. The number of amides is 1. The van der Waals surface area contributed by atoms with Crippen molar-refractivity contribution in [3.05, 3.63) is 59.2 Å². The average molecular weight is 573 g/mol. The van der Waals surface area contributed by atoms with E-state index in [1.165, 1.54) is 32.1 Å². The topological polar surface area (TPSA) is 122 Å². The Morgan fingerprint density at radius 1 is 1.05 bits per heavy atom. The summed E-state index contributed by atoms with van der Waals surface area (Å²) in [4.78, 5) is 25.1. The molecule has 3 N–H and O–H groups in total. The molecule has 0 radical (unpaired) electrons. The van der Waals surface area contributed by atoms with Crippen LogP contribution in [0, 0.1) is 6.92 Å². The Bertz CT molecular complexity index is 1240. The van der Waals surface area contributed by atoms with Gasteiger partial charge < -0.3 is 20.5 Å². The maximum Gasteiger partial charge on any atom is 0.326 e. The molecule has 1 amide bonds. The Morgan fingerprint density at radius 2 is 1.77 bits per heavy atom. The fourth-order valence-corrected chi connectivity index (χ4v) is 5.95. The highest BCUT2D eigenvalue weighted by Gasteiger charge is 2.25. The second-order valence-electron chi connectivity index (χ2n) is 10.9. The molecular weight excluding hydrogens is 528 g/mol. The summed E-state index contributed by atoms with van der Waals surface area (Å²) in [5.74, 6) is -2.14. The molecule has 40 heavy (non-hydrogen) atoms. The third-order valence-corrected chi connectivity index (χ3v) is 8.50. The van der Waals surface area contributed by atoms with Crippen molar-refractivity contribution >= 4 is 21.7 Å². The molecule has 0 spiro atoms. The smallest absolute Gasteiger partial charge is 0.326 e. The van der Waals surface area contributed by atoms with E-state index >= 15 is 0 Å². The molecule has 1 aliphatic rings. The zero-order valence-corrected chi connectivity index (χ0v) is 24.8. The number of carboxylic acids is 1. The number of hydrogen-bond donors (Lipinski definition) is 3. The second-order valence-corrected chi connectivity index (χ2v) is 13.1. The number of carbonyl (C=O) groups excluding carboxylic acids is 1. The van der Waals surface area contributed by atoms with E-state index in [0.29, 0.717) is 24.8 Å². The van der Waals surface area contributed by atoms with Crippen molar-refractivity contribution < 1.29 is 27.9 Å². The standard InChI is InChI=1S/C31H44N2O6S/c1-4-39-21-25(32-24-11-6-5-7-12-24)16-14-23-15-17-27(28(20-23)26-13-9-8-10-22(26)2)30(34)33-29(31(35)36)18-19-40(3,37)38/h8-10,13,15,17,20,24-25,29,32H,4-7,11-12,14,16,18-19,21H2,1-3H3,(H,33,34)(H,35,36)/t25?,29-/m0/s1. The minimum Gasteiger partial charge on any atom is -0.480 e. The first-order valence-electron chi connectivity index (χ1n) is 14.3. The van der Waals surface area contributed by atoms with Gasteiger partial charge in [-0.05, 0) is 74.3 Å². The number of ether oxygens (including phenoxy) is 1. The van der Waals surface area contributed by atoms with E-state index in [1.807, 2.05) is 50.2 Å². The van der Waals surface area contributed by atoms with E-state index in [2.05, 4.69) is 10.6 Å². The van der Waals surface area contributed by atoms with Crippen LogP contribution in [0.15, 0.2) is 42.5 Å². The summed E-state index contributed by atoms with van der Waals surface area (Å²) < 4.78 is 29.0. The predicted molar refractivity (Wildman–Crippen MR) is 158 cm³/mol. The van der Waals surface area contributed by atoms with Crippen LogP contribution in [0.1, 0.15) is 73.4 Å². The maximum atomic E-state index is 13.4. The molecule has 0 aromatic heterocycles. The summed E-state index contributed by atoms with van der Waals surface area (Å²) in [5.41, 5.74) is 4.04. The molecule has 9 heteroatoms. The van der Waals surface area contributed by atoms with Gasteiger partial charge in [-0.15, -0.1) is 0 Å². The average Bonchev–Trinajstić information content (AvgIpc) is 2.92. The Kier molecular flexibility index (Phi) is 12.2. The Labute approximate surface area is 238 Å². The van der Waals surface area contributed by atoms with E-state index in [0.717, 1.165) is 41.4 Å². The van der Waals surface area contributed by atoms with Crippen LogP contribution in [0.2, 0.25) is 0 Å². The third kappa shape index (κ3) is 10.0. The lowest BCUT2D eigenvalue weighted by Gasteiger charge is -2.28. The molecule has 1 saturated carbocycles. The number of benzene rings is 2. The zero-order valence-electron chi connectivity index (χ0n) is 23.9. The highest BCUT2D eigenvalue weighted by Crippen LogP contribution is 2.29. The van der Waals surface area contributed by atoms with E-state index in [9.17, 15) is 23.1 Å². The first kappa shape index (κ1) is 31.8. The van der Waals surface area contributed by atoms with Crippen molar-refractivity contribution in [2.75, 3.05) is 25.2 Å². The molecule has 0 bridgehead atoms. The summed E-state index contributed by atoms with van der Waals surface area (Å²) in [6.45, 7) is 5.31. The van der Waals surface area contributed by atoms with E-state index in [4.69, 9.17) is 4.74 Å². The van der Waals surface area contributed by atoms with Crippen molar-refractivity contribution in [3.63, 3.8) is 0 Å². The molecule has 2 atom stereocenters. The van der Waals surface area contributed by atoms with Crippen LogP contribution >= 0.6 is 0 Å². The number of rotatable bonds is 15. The van der Waals surface area contributed by atoms with Gasteiger partial charge in [0.15, 0.2) is 0 Å². The number of hydrogen-bond acceptors (Lipinski definition) is 6. The molecular formula is C31H44N2O6S. The van der Waals surface area contributed by atoms with Gasteiger partial charge in [0.1, 0.15) is 15.9 Å². The van der Waals surface area contributed by atoms with Crippen LogP contribution in [0.5, 0.6) is 0 Å². The van der Waals surface area contributed by atoms with Gasteiger partial charge in [0.25, 0.3) is 5.91 Å². The lowest BCUT2D eigenvalue weighted by molar-refractivity contribution is -0.139. The van der Waals surface area contributed by atoms with Crippen LogP contribution in [0.3, 0.4) is 0 Å². The molecule has 0 heterocycles. The van der Waals surface area contributed by atoms with E-state index < -0.39 is 27.8 Å². The van der Waals surface area contributed by atoms with Crippen LogP contribution in [0.25, 0.3) is 11.1 Å². The van der Waals surface area contributed by atoms with Crippen molar-refractivity contribution in [2.24, 2.45) is 0 Å². The summed E-state index contributed by atoms with van der Waals surface area (Å²) in [6, 6.07) is 12.9. The van der Waals surface area contributed by atoms with Gasteiger partial charge in [-0.3, -0.25) is 4.79 Å². The molecule has 1 aliphatic carbocycles. The number of nitrogens with one attached hydrogen (secondary N) is 2. The largest absolute Gasteiger partial charge is 0.480 e. The lowest BCUT2D eigenvalue weighted by atomic mass is 9.91.